The van der Waals surface area contributed by atoms with Crippen LogP contribution in [0.1, 0.15) is 55.7 Å². The number of benzene rings is 1. The smallest absolute Gasteiger partial charge is 0.0210 e. The Morgan fingerprint density at radius 1 is 1.05 bits per heavy atom. The monoisotopic (exact) mass is 259 g/mol. The highest BCUT2D eigenvalue weighted by atomic mass is 14.8. The Morgan fingerprint density at radius 2 is 1.68 bits per heavy atom. The molecule has 0 atom stereocenters. The number of rotatable bonds is 5. The molecule has 1 nitrogen and oxygen atoms in total. The summed E-state index contributed by atoms with van der Waals surface area (Å²) in [5.74, 6) is 1.94. The first-order valence-corrected chi connectivity index (χ1v) is 7.92. The van der Waals surface area contributed by atoms with Gasteiger partial charge in [0.25, 0.3) is 0 Å². The fourth-order valence-corrected chi connectivity index (χ4v) is 3.27. The molecule has 1 aliphatic carbocycles. The van der Waals surface area contributed by atoms with E-state index in [1.54, 1.807) is 0 Å². The zero-order chi connectivity index (χ0) is 13.7. The Kier molecular flexibility index (Phi) is 5.45. The van der Waals surface area contributed by atoms with E-state index in [-0.39, 0.29) is 0 Å². The summed E-state index contributed by atoms with van der Waals surface area (Å²) in [4.78, 5) is 0. The van der Waals surface area contributed by atoms with Crippen molar-refractivity contribution in [2.75, 3.05) is 6.54 Å². The molecule has 0 amide bonds. The summed E-state index contributed by atoms with van der Waals surface area (Å²) in [6.07, 6.45) is 7.15. The van der Waals surface area contributed by atoms with Gasteiger partial charge in [-0.3, -0.25) is 0 Å². The predicted octanol–water partition coefficient (Wildman–Crippen LogP) is 4.61. The highest BCUT2D eigenvalue weighted by molar-refractivity contribution is 5.33. The maximum atomic E-state index is 3.64. The van der Waals surface area contributed by atoms with Crippen molar-refractivity contribution in [3.8, 4) is 0 Å². The average Bonchev–Trinajstić information content (AvgIpc) is 2.39. The van der Waals surface area contributed by atoms with E-state index in [1.165, 1.54) is 55.3 Å². The molecule has 1 aliphatic rings. The third-order valence-corrected chi connectivity index (χ3v) is 4.81. The van der Waals surface area contributed by atoms with E-state index in [9.17, 15) is 0 Å². The van der Waals surface area contributed by atoms with E-state index >= 15 is 0 Å². The number of hydrogen-bond donors (Lipinski definition) is 1. The zero-order valence-electron chi connectivity index (χ0n) is 12.8. The van der Waals surface area contributed by atoms with Gasteiger partial charge in [-0.15, -0.1) is 0 Å². The predicted molar refractivity (Wildman–Crippen MR) is 83.4 cm³/mol. The highest BCUT2D eigenvalue weighted by Crippen LogP contribution is 2.29. The van der Waals surface area contributed by atoms with Gasteiger partial charge in [0.15, 0.2) is 0 Å². The fourth-order valence-electron chi connectivity index (χ4n) is 3.27. The van der Waals surface area contributed by atoms with Crippen LogP contribution in [0.25, 0.3) is 0 Å². The van der Waals surface area contributed by atoms with Crippen LogP contribution in [0.4, 0.5) is 0 Å². The van der Waals surface area contributed by atoms with Crippen molar-refractivity contribution in [3.63, 3.8) is 0 Å². The Morgan fingerprint density at radius 3 is 2.32 bits per heavy atom. The molecular formula is C18H29N. The topological polar surface area (TPSA) is 12.0 Å². The van der Waals surface area contributed by atoms with Gasteiger partial charge < -0.3 is 5.32 Å². The summed E-state index contributed by atoms with van der Waals surface area (Å²) in [5, 5.41) is 3.64. The molecular weight excluding hydrogens is 230 g/mol. The number of nitrogens with one attached hydrogen (secondary N) is 1. The summed E-state index contributed by atoms with van der Waals surface area (Å²) in [6.45, 7) is 9.03. The van der Waals surface area contributed by atoms with Gasteiger partial charge in [-0.05, 0) is 55.3 Å². The second-order valence-electron chi connectivity index (χ2n) is 6.46. The van der Waals surface area contributed by atoms with Gasteiger partial charge in [0.2, 0.25) is 0 Å². The molecule has 1 N–H and O–H groups in total. The first-order valence-electron chi connectivity index (χ1n) is 7.92. The van der Waals surface area contributed by atoms with Gasteiger partial charge in [0.1, 0.15) is 0 Å². The van der Waals surface area contributed by atoms with Crippen LogP contribution in [0, 0.1) is 25.7 Å². The van der Waals surface area contributed by atoms with Gasteiger partial charge in [0, 0.05) is 6.54 Å². The van der Waals surface area contributed by atoms with Crippen LogP contribution in [-0.4, -0.2) is 6.54 Å². The molecule has 0 radical (unpaired) electrons. The summed E-state index contributed by atoms with van der Waals surface area (Å²) >= 11 is 0. The van der Waals surface area contributed by atoms with Crippen molar-refractivity contribution in [1.29, 1.82) is 0 Å². The van der Waals surface area contributed by atoms with Crippen LogP contribution in [0.3, 0.4) is 0 Å². The van der Waals surface area contributed by atoms with E-state index in [1.807, 2.05) is 0 Å². The first kappa shape index (κ1) is 14.6. The van der Waals surface area contributed by atoms with Crippen LogP contribution < -0.4 is 5.32 Å². The van der Waals surface area contributed by atoms with Crippen LogP contribution >= 0.6 is 0 Å². The lowest BCUT2D eigenvalue weighted by Gasteiger charge is -2.26. The second-order valence-corrected chi connectivity index (χ2v) is 6.46. The standard InChI is InChI=1S/C18H29N/c1-14-7-9-17(10-8-14)11-12-19-13-18-15(2)5-4-6-16(18)3/h4-6,14,17,19H,7-13H2,1-3H3. The lowest BCUT2D eigenvalue weighted by molar-refractivity contribution is 0.275. The van der Waals surface area contributed by atoms with Gasteiger partial charge in [-0.1, -0.05) is 50.8 Å². The van der Waals surface area contributed by atoms with E-state index in [0.717, 1.165) is 18.4 Å². The first-order chi connectivity index (χ1) is 9.16. The normalized spacial score (nSPS) is 23.5. The van der Waals surface area contributed by atoms with E-state index in [4.69, 9.17) is 0 Å². The summed E-state index contributed by atoms with van der Waals surface area (Å²) < 4.78 is 0. The molecule has 2 rings (SSSR count). The molecule has 0 bridgehead atoms. The van der Waals surface area contributed by atoms with E-state index in [2.05, 4.69) is 44.3 Å². The molecule has 0 aliphatic heterocycles. The molecule has 1 saturated carbocycles. The minimum Gasteiger partial charge on any atom is -0.313 e. The van der Waals surface area contributed by atoms with Crippen LogP contribution in [0.5, 0.6) is 0 Å². The van der Waals surface area contributed by atoms with Gasteiger partial charge in [-0.2, -0.15) is 0 Å². The van der Waals surface area contributed by atoms with Crippen LogP contribution in [0.15, 0.2) is 18.2 Å². The molecule has 0 spiro atoms. The Bertz CT molecular complexity index is 368. The number of aryl methyl sites for hydroxylation is 2. The third-order valence-electron chi connectivity index (χ3n) is 4.81. The van der Waals surface area contributed by atoms with Gasteiger partial charge in [0.05, 0.1) is 0 Å². The minimum absolute atomic E-state index is 0.971. The van der Waals surface area contributed by atoms with Crippen molar-refractivity contribution in [2.45, 2.75) is 59.4 Å². The molecule has 1 aromatic rings. The molecule has 0 aromatic heterocycles. The second kappa shape index (κ2) is 7.09. The van der Waals surface area contributed by atoms with Crippen molar-refractivity contribution in [2.24, 2.45) is 11.8 Å². The van der Waals surface area contributed by atoms with Gasteiger partial charge in [-0.25, -0.2) is 0 Å². The van der Waals surface area contributed by atoms with Crippen LogP contribution in [-0.2, 0) is 6.54 Å². The molecule has 1 heteroatoms. The lowest BCUT2D eigenvalue weighted by Crippen LogP contribution is -2.21. The summed E-state index contributed by atoms with van der Waals surface area (Å²) in [6, 6.07) is 6.58. The van der Waals surface area contributed by atoms with Gasteiger partial charge >= 0.3 is 0 Å². The quantitative estimate of drug-likeness (QED) is 0.761. The molecule has 1 aromatic carbocycles. The Hall–Kier alpha value is -0.820. The fraction of sp³-hybridized carbons (Fsp3) is 0.667. The van der Waals surface area contributed by atoms with Crippen LogP contribution in [0.2, 0.25) is 0 Å². The summed E-state index contributed by atoms with van der Waals surface area (Å²) in [5.41, 5.74) is 4.32. The molecule has 106 valence electrons. The van der Waals surface area contributed by atoms with E-state index < -0.39 is 0 Å². The minimum atomic E-state index is 0.971. The maximum absolute atomic E-state index is 3.64. The van der Waals surface area contributed by atoms with Crippen molar-refractivity contribution in [3.05, 3.63) is 34.9 Å². The maximum Gasteiger partial charge on any atom is 0.0210 e. The molecule has 0 saturated heterocycles. The molecule has 1 fully saturated rings. The Labute approximate surface area is 118 Å². The number of hydrogen-bond acceptors (Lipinski definition) is 1. The zero-order valence-corrected chi connectivity index (χ0v) is 12.8. The highest BCUT2D eigenvalue weighted by Gasteiger charge is 2.17. The SMILES string of the molecule is Cc1cccc(C)c1CNCCC1CCC(C)CC1. The lowest BCUT2D eigenvalue weighted by atomic mass is 9.81. The van der Waals surface area contributed by atoms with Crippen molar-refractivity contribution in [1.82, 2.24) is 5.32 Å². The largest absolute Gasteiger partial charge is 0.313 e. The summed E-state index contributed by atoms with van der Waals surface area (Å²) in [7, 11) is 0. The van der Waals surface area contributed by atoms with E-state index in [0.29, 0.717) is 0 Å². The van der Waals surface area contributed by atoms with Crippen molar-refractivity contribution >= 4 is 0 Å². The molecule has 0 heterocycles. The average molecular weight is 259 g/mol. The van der Waals surface area contributed by atoms with Crippen molar-refractivity contribution < 1.29 is 0 Å². The molecule has 0 unspecified atom stereocenters. The Balaban J connectivity index is 1.69. The third kappa shape index (κ3) is 4.35. The molecule has 19 heavy (non-hydrogen) atoms.